The molecular weight excluding hydrogens is 374 g/mol. The monoisotopic (exact) mass is 391 g/mol. The summed E-state index contributed by atoms with van der Waals surface area (Å²) in [6, 6.07) is 14.5. The van der Waals surface area contributed by atoms with E-state index in [1.807, 2.05) is 24.3 Å². The first kappa shape index (κ1) is 18.0. The van der Waals surface area contributed by atoms with Crippen LogP contribution in [0.2, 0.25) is 0 Å². The summed E-state index contributed by atoms with van der Waals surface area (Å²) in [4.78, 5) is 25.1. The van der Waals surface area contributed by atoms with Crippen molar-refractivity contribution in [3.05, 3.63) is 64.1 Å². The van der Waals surface area contributed by atoms with Crippen molar-refractivity contribution in [1.29, 1.82) is 0 Å². The zero-order valence-corrected chi connectivity index (χ0v) is 15.1. The number of likely N-dealkylation sites (N-methyl/N-ethyl adjacent to an activating group) is 1. The quantitative estimate of drug-likeness (QED) is 0.709. The molecule has 0 unspecified atom stereocenters. The van der Waals surface area contributed by atoms with Crippen molar-refractivity contribution < 1.29 is 19.1 Å². The molecule has 0 atom stereocenters. The van der Waals surface area contributed by atoms with Crippen LogP contribution in [0.1, 0.15) is 15.9 Å². The number of nitrogens with zero attached hydrogens (tertiary/aromatic N) is 1. The summed E-state index contributed by atoms with van der Waals surface area (Å²) in [5.41, 5.74) is 1.25. The van der Waals surface area contributed by atoms with Gasteiger partial charge in [-0.1, -0.05) is 46.3 Å². The number of benzene rings is 2. The van der Waals surface area contributed by atoms with Gasteiger partial charge in [0.2, 0.25) is 0 Å². The van der Waals surface area contributed by atoms with Crippen molar-refractivity contribution in [1.82, 2.24) is 4.90 Å². The second kappa shape index (κ2) is 8.49. The second-order valence-electron chi connectivity index (χ2n) is 5.24. The predicted molar refractivity (Wildman–Crippen MR) is 93.9 cm³/mol. The van der Waals surface area contributed by atoms with E-state index in [1.165, 1.54) is 4.90 Å². The number of ether oxygens (including phenoxy) is 2. The first-order chi connectivity index (χ1) is 11.5. The van der Waals surface area contributed by atoms with Gasteiger partial charge in [-0.05, 0) is 18.2 Å². The molecule has 0 saturated heterocycles. The molecule has 0 aliphatic carbocycles. The molecule has 1 amide bonds. The molecule has 0 spiro atoms. The summed E-state index contributed by atoms with van der Waals surface area (Å²) in [6.07, 6.45) is 0. The van der Waals surface area contributed by atoms with Crippen molar-refractivity contribution in [3.63, 3.8) is 0 Å². The van der Waals surface area contributed by atoms with Crippen LogP contribution < -0.4 is 4.74 Å². The van der Waals surface area contributed by atoms with Crippen molar-refractivity contribution >= 4 is 27.8 Å². The lowest BCUT2D eigenvalue weighted by atomic mass is 10.2. The first-order valence-corrected chi connectivity index (χ1v) is 8.11. The number of halogens is 1. The Balaban J connectivity index is 2.05. The molecule has 0 fully saturated rings. The highest BCUT2D eigenvalue weighted by Crippen LogP contribution is 2.22. The van der Waals surface area contributed by atoms with Gasteiger partial charge in [0.25, 0.3) is 5.91 Å². The number of para-hydroxylation sites is 1. The van der Waals surface area contributed by atoms with Crippen molar-refractivity contribution in [2.75, 3.05) is 20.7 Å². The number of amides is 1. The van der Waals surface area contributed by atoms with Crippen LogP contribution in [0.15, 0.2) is 53.0 Å². The zero-order chi connectivity index (χ0) is 17.5. The van der Waals surface area contributed by atoms with Gasteiger partial charge < -0.3 is 14.4 Å². The summed E-state index contributed by atoms with van der Waals surface area (Å²) in [7, 11) is 3.20. The van der Waals surface area contributed by atoms with E-state index in [9.17, 15) is 9.59 Å². The molecule has 0 N–H and O–H groups in total. The summed E-state index contributed by atoms with van der Waals surface area (Å²) in [5, 5.41) is 0. The molecular formula is C18H18BrNO4. The molecule has 24 heavy (non-hydrogen) atoms. The highest BCUT2D eigenvalue weighted by Gasteiger charge is 2.16. The Bertz CT molecular complexity index is 730. The van der Waals surface area contributed by atoms with Crippen LogP contribution in [0, 0.1) is 0 Å². The lowest BCUT2D eigenvalue weighted by molar-refractivity contribution is -0.131. The van der Waals surface area contributed by atoms with E-state index in [4.69, 9.17) is 9.47 Å². The standard InChI is InChI=1S/C18H18BrNO4/c1-20(2)17(21)12-24-18(22)14-8-4-6-10-16(14)23-11-13-7-3-5-9-15(13)19/h3-10H,11-12H2,1-2H3. The van der Waals surface area contributed by atoms with E-state index in [0.29, 0.717) is 12.4 Å². The maximum atomic E-state index is 12.2. The Morgan fingerprint density at radius 1 is 1.04 bits per heavy atom. The summed E-state index contributed by atoms with van der Waals surface area (Å²) >= 11 is 3.46. The van der Waals surface area contributed by atoms with Gasteiger partial charge in [-0.25, -0.2) is 4.79 Å². The molecule has 0 heterocycles. The van der Waals surface area contributed by atoms with Crippen LogP contribution in [-0.4, -0.2) is 37.5 Å². The van der Waals surface area contributed by atoms with Crippen LogP contribution in [0.3, 0.4) is 0 Å². The molecule has 0 radical (unpaired) electrons. The third-order valence-electron chi connectivity index (χ3n) is 3.27. The SMILES string of the molecule is CN(C)C(=O)COC(=O)c1ccccc1OCc1ccccc1Br. The number of esters is 1. The first-order valence-electron chi connectivity index (χ1n) is 7.31. The highest BCUT2D eigenvalue weighted by atomic mass is 79.9. The molecule has 0 aliphatic heterocycles. The van der Waals surface area contributed by atoms with E-state index in [2.05, 4.69) is 15.9 Å². The van der Waals surface area contributed by atoms with Gasteiger partial charge in [0.1, 0.15) is 17.9 Å². The normalized spacial score (nSPS) is 10.1. The Hall–Kier alpha value is -2.34. The number of hydrogen-bond donors (Lipinski definition) is 0. The van der Waals surface area contributed by atoms with Gasteiger partial charge in [0, 0.05) is 24.1 Å². The van der Waals surface area contributed by atoms with Crippen LogP contribution >= 0.6 is 15.9 Å². The van der Waals surface area contributed by atoms with Crippen molar-refractivity contribution in [3.8, 4) is 5.75 Å². The highest BCUT2D eigenvalue weighted by molar-refractivity contribution is 9.10. The molecule has 2 aromatic carbocycles. The lowest BCUT2D eigenvalue weighted by Crippen LogP contribution is -2.27. The summed E-state index contributed by atoms with van der Waals surface area (Å²) < 4.78 is 11.7. The number of carbonyl (C=O) groups excluding carboxylic acids is 2. The Kier molecular flexibility index (Phi) is 6.37. The van der Waals surface area contributed by atoms with Gasteiger partial charge in [-0.3, -0.25) is 4.79 Å². The Labute approximate surface area is 149 Å². The second-order valence-corrected chi connectivity index (χ2v) is 6.09. The average Bonchev–Trinajstić information content (AvgIpc) is 2.58. The van der Waals surface area contributed by atoms with Gasteiger partial charge in [0.15, 0.2) is 6.61 Å². The minimum atomic E-state index is -0.590. The van der Waals surface area contributed by atoms with Crippen LogP contribution in [0.5, 0.6) is 5.75 Å². The van der Waals surface area contributed by atoms with E-state index in [0.717, 1.165) is 10.0 Å². The van der Waals surface area contributed by atoms with Crippen LogP contribution in [0.4, 0.5) is 0 Å². The number of rotatable bonds is 6. The molecule has 0 aromatic heterocycles. The molecule has 6 heteroatoms. The minimum Gasteiger partial charge on any atom is -0.488 e. The van der Waals surface area contributed by atoms with Gasteiger partial charge in [0.05, 0.1) is 0 Å². The maximum absolute atomic E-state index is 12.2. The Morgan fingerprint density at radius 2 is 1.71 bits per heavy atom. The topological polar surface area (TPSA) is 55.8 Å². The fourth-order valence-corrected chi connectivity index (χ4v) is 2.27. The zero-order valence-electron chi connectivity index (χ0n) is 13.5. The van der Waals surface area contributed by atoms with Gasteiger partial charge in [-0.15, -0.1) is 0 Å². The maximum Gasteiger partial charge on any atom is 0.342 e. The van der Waals surface area contributed by atoms with Gasteiger partial charge >= 0.3 is 5.97 Å². The van der Waals surface area contributed by atoms with E-state index >= 15 is 0 Å². The van der Waals surface area contributed by atoms with Crippen LogP contribution in [-0.2, 0) is 16.1 Å². The smallest absolute Gasteiger partial charge is 0.342 e. The molecule has 0 bridgehead atoms. The molecule has 2 aromatic rings. The number of carbonyl (C=O) groups is 2. The van der Waals surface area contributed by atoms with Crippen LogP contribution in [0.25, 0.3) is 0 Å². The fraction of sp³-hybridized carbons (Fsp3) is 0.222. The third kappa shape index (κ3) is 4.83. The predicted octanol–water partition coefficient (Wildman–Crippen LogP) is 3.27. The van der Waals surface area contributed by atoms with E-state index < -0.39 is 5.97 Å². The largest absolute Gasteiger partial charge is 0.488 e. The van der Waals surface area contributed by atoms with Crippen molar-refractivity contribution in [2.45, 2.75) is 6.61 Å². The fourth-order valence-electron chi connectivity index (χ4n) is 1.87. The van der Waals surface area contributed by atoms with E-state index in [-0.39, 0.29) is 18.1 Å². The molecule has 2 rings (SSSR count). The Morgan fingerprint density at radius 3 is 2.42 bits per heavy atom. The molecule has 0 aliphatic rings. The lowest BCUT2D eigenvalue weighted by Gasteiger charge is -2.13. The number of hydrogen-bond acceptors (Lipinski definition) is 4. The molecule has 5 nitrogen and oxygen atoms in total. The summed E-state index contributed by atoms with van der Waals surface area (Å²) in [6.45, 7) is 0.00669. The van der Waals surface area contributed by atoms with Gasteiger partial charge in [-0.2, -0.15) is 0 Å². The summed E-state index contributed by atoms with van der Waals surface area (Å²) in [5.74, 6) is -0.460. The average molecular weight is 392 g/mol. The van der Waals surface area contributed by atoms with Crippen molar-refractivity contribution in [2.24, 2.45) is 0 Å². The minimum absolute atomic E-state index is 0.282. The third-order valence-corrected chi connectivity index (χ3v) is 4.05. The van der Waals surface area contributed by atoms with E-state index in [1.54, 1.807) is 38.4 Å². The molecule has 0 saturated carbocycles. The molecule has 126 valence electrons.